The molecule has 0 radical (unpaired) electrons. The van der Waals surface area contributed by atoms with Gasteiger partial charge in [0.05, 0.1) is 11.7 Å². The van der Waals surface area contributed by atoms with Crippen molar-refractivity contribution in [3.05, 3.63) is 24.2 Å². The fourth-order valence-electron chi connectivity index (χ4n) is 4.65. The van der Waals surface area contributed by atoms with E-state index >= 15 is 0 Å². The molecule has 4 rings (SSSR count). The fraction of sp³-hybridized carbons (Fsp3) is 0.667. The van der Waals surface area contributed by atoms with E-state index in [0.29, 0.717) is 43.8 Å². The van der Waals surface area contributed by atoms with Gasteiger partial charge in [-0.05, 0) is 37.4 Å². The van der Waals surface area contributed by atoms with Crippen molar-refractivity contribution in [2.75, 3.05) is 39.3 Å². The van der Waals surface area contributed by atoms with Crippen LogP contribution in [0, 0.1) is 11.3 Å². The number of carbonyl (C=O) groups excluding carboxylic acids is 2. The second-order valence-electron chi connectivity index (χ2n) is 7.29. The van der Waals surface area contributed by atoms with Gasteiger partial charge in [-0.1, -0.05) is 12.8 Å². The molecule has 1 aliphatic carbocycles. The van der Waals surface area contributed by atoms with Gasteiger partial charge in [-0.15, -0.1) is 0 Å². The summed E-state index contributed by atoms with van der Waals surface area (Å²) in [6.45, 7) is 4.21. The zero-order chi connectivity index (χ0) is 16.6. The number of hydrogen-bond donors (Lipinski definition) is 1. The van der Waals surface area contributed by atoms with Crippen LogP contribution in [-0.4, -0.2) is 60.9 Å². The van der Waals surface area contributed by atoms with Crippen molar-refractivity contribution >= 4 is 11.8 Å². The highest BCUT2D eigenvalue weighted by Crippen LogP contribution is 2.45. The molecule has 0 spiro atoms. The van der Waals surface area contributed by atoms with E-state index in [1.165, 1.54) is 12.7 Å². The molecule has 1 aromatic rings. The third kappa shape index (κ3) is 2.53. The largest absolute Gasteiger partial charge is 0.459 e. The highest BCUT2D eigenvalue weighted by atomic mass is 16.3. The van der Waals surface area contributed by atoms with Crippen LogP contribution in [0.15, 0.2) is 22.8 Å². The number of furan rings is 1. The van der Waals surface area contributed by atoms with Crippen molar-refractivity contribution in [2.24, 2.45) is 11.3 Å². The van der Waals surface area contributed by atoms with Crippen molar-refractivity contribution in [2.45, 2.75) is 25.7 Å². The van der Waals surface area contributed by atoms with E-state index in [0.717, 1.165) is 32.4 Å². The standard InChI is InChI=1S/C18H25N3O3/c22-16(15-5-3-11-24-15)20-7-9-21(10-8-20)17(23)18-6-2-1-4-14(18)12-19-13-18/h3,5,11,14,19H,1-2,4,6-10,12-13H2/t14-,18+/m0/s1. The van der Waals surface area contributed by atoms with E-state index in [9.17, 15) is 9.59 Å². The number of amides is 2. The Kier molecular flexibility index (Phi) is 4.08. The highest BCUT2D eigenvalue weighted by Gasteiger charge is 2.51. The minimum Gasteiger partial charge on any atom is -0.459 e. The molecule has 2 saturated heterocycles. The van der Waals surface area contributed by atoms with E-state index < -0.39 is 0 Å². The Hall–Kier alpha value is -1.82. The third-order valence-corrected chi connectivity index (χ3v) is 6.05. The lowest BCUT2D eigenvalue weighted by Gasteiger charge is -2.43. The molecule has 2 amide bonds. The van der Waals surface area contributed by atoms with Crippen molar-refractivity contribution < 1.29 is 14.0 Å². The number of hydrogen-bond acceptors (Lipinski definition) is 4. The van der Waals surface area contributed by atoms with Gasteiger partial charge in [-0.2, -0.15) is 0 Å². The van der Waals surface area contributed by atoms with Crippen LogP contribution < -0.4 is 5.32 Å². The molecule has 0 bridgehead atoms. The number of carbonyl (C=O) groups is 2. The number of fused-ring (bicyclic) bond motifs is 1. The predicted molar refractivity (Wildman–Crippen MR) is 88.5 cm³/mol. The van der Waals surface area contributed by atoms with Crippen molar-refractivity contribution in [1.29, 1.82) is 0 Å². The van der Waals surface area contributed by atoms with E-state index in [1.54, 1.807) is 17.0 Å². The molecule has 3 aliphatic rings. The first-order chi connectivity index (χ1) is 11.7. The third-order valence-electron chi connectivity index (χ3n) is 6.05. The van der Waals surface area contributed by atoms with Gasteiger partial charge < -0.3 is 19.5 Å². The van der Waals surface area contributed by atoms with Gasteiger partial charge in [0.25, 0.3) is 5.91 Å². The van der Waals surface area contributed by atoms with Crippen LogP contribution >= 0.6 is 0 Å². The molecule has 24 heavy (non-hydrogen) atoms. The topological polar surface area (TPSA) is 65.8 Å². The lowest BCUT2D eigenvalue weighted by Crippen LogP contribution is -2.56. The molecule has 1 aromatic heterocycles. The molecule has 0 aromatic carbocycles. The van der Waals surface area contributed by atoms with Crippen LogP contribution in [0.3, 0.4) is 0 Å². The average Bonchev–Trinajstić information content (AvgIpc) is 3.30. The molecule has 1 saturated carbocycles. The summed E-state index contributed by atoms with van der Waals surface area (Å²) < 4.78 is 5.19. The van der Waals surface area contributed by atoms with E-state index in [-0.39, 0.29) is 11.3 Å². The molecule has 3 heterocycles. The van der Waals surface area contributed by atoms with Gasteiger partial charge in [0, 0.05) is 32.7 Å². The van der Waals surface area contributed by atoms with Crippen LogP contribution in [0.25, 0.3) is 0 Å². The zero-order valence-electron chi connectivity index (χ0n) is 14.0. The first-order valence-corrected chi connectivity index (χ1v) is 9.03. The lowest BCUT2D eigenvalue weighted by molar-refractivity contribution is -0.146. The first-order valence-electron chi connectivity index (χ1n) is 9.03. The number of nitrogens with zero attached hydrogens (tertiary/aromatic N) is 2. The molecule has 1 N–H and O–H groups in total. The number of piperazine rings is 1. The molecule has 6 heteroatoms. The lowest BCUT2D eigenvalue weighted by atomic mass is 9.67. The molecule has 130 valence electrons. The zero-order valence-corrected chi connectivity index (χ0v) is 14.0. The van der Waals surface area contributed by atoms with Crippen LogP contribution in [0.2, 0.25) is 0 Å². The van der Waals surface area contributed by atoms with E-state index in [4.69, 9.17) is 4.42 Å². The second-order valence-corrected chi connectivity index (χ2v) is 7.29. The summed E-state index contributed by atoms with van der Waals surface area (Å²) in [6, 6.07) is 3.41. The molecule has 0 unspecified atom stereocenters. The van der Waals surface area contributed by atoms with Crippen LogP contribution in [0.4, 0.5) is 0 Å². The molecule has 2 aliphatic heterocycles. The summed E-state index contributed by atoms with van der Waals surface area (Å²) in [6.07, 6.45) is 6.08. The van der Waals surface area contributed by atoms with E-state index in [2.05, 4.69) is 5.32 Å². The minimum absolute atomic E-state index is 0.0802. The number of nitrogens with one attached hydrogen (secondary N) is 1. The molecular weight excluding hydrogens is 306 g/mol. The summed E-state index contributed by atoms with van der Waals surface area (Å²) in [5.41, 5.74) is -0.189. The predicted octanol–water partition coefficient (Wildman–Crippen LogP) is 1.34. The maximum Gasteiger partial charge on any atom is 0.289 e. The normalized spacial score (nSPS) is 30.2. The Bertz CT molecular complexity index is 607. The summed E-state index contributed by atoms with van der Waals surface area (Å²) in [5, 5.41) is 3.45. The van der Waals surface area contributed by atoms with Gasteiger partial charge in [0.15, 0.2) is 5.76 Å². The smallest absolute Gasteiger partial charge is 0.289 e. The Morgan fingerprint density at radius 2 is 1.96 bits per heavy atom. The Morgan fingerprint density at radius 1 is 1.17 bits per heavy atom. The molecule has 2 atom stereocenters. The van der Waals surface area contributed by atoms with Crippen molar-refractivity contribution in [3.63, 3.8) is 0 Å². The molecular formula is C18H25N3O3. The average molecular weight is 331 g/mol. The van der Waals surface area contributed by atoms with Gasteiger partial charge in [-0.3, -0.25) is 9.59 Å². The Balaban J connectivity index is 1.40. The van der Waals surface area contributed by atoms with Gasteiger partial charge in [-0.25, -0.2) is 0 Å². The fourth-order valence-corrected chi connectivity index (χ4v) is 4.65. The van der Waals surface area contributed by atoms with Gasteiger partial charge in [0.1, 0.15) is 0 Å². The SMILES string of the molecule is O=C(c1ccco1)N1CCN(C(=O)[C@@]23CCCC[C@H]2CNC3)CC1. The summed E-state index contributed by atoms with van der Waals surface area (Å²) in [7, 11) is 0. The summed E-state index contributed by atoms with van der Waals surface area (Å²) in [4.78, 5) is 29.3. The van der Waals surface area contributed by atoms with Gasteiger partial charge in [0.2, 0.25) is 5.91 Å². The maximum absolute atomic E-state index is 13.2. The van der Waals surface area contributed by atoms with Gasteiger partial charge >= 0.3 is 0 Å². The summed E-state index contributed by atoms with van der Waals surface area (Å²) >= 11 is 0. The van der Waals surface area contributed by atoms with Crippen LogP contribution in [-0.2, 0) is 4.79 Å². The second kappa shape index (κ2) is 6.24. The van der Waals surface area contributed by atoms with E-state index in [1.807, 2.05) is 4.90 Å². The number of rotatable bonds is 2. The van der Waals surface area contributed by atoms with Crippen molar-refractivity contribution in [3.8, 4) is 0 Å². The molecule has 3 fully saturated rings. The van der Waals surface area contributed by atoms with Crippen LogP contribution in [0.1, 0.15) is 36.2 Å². The van der Waals surface area contributed by atoms with Crippen molar-refractivity contribution in [1.82, 2.24) is 15.1 Å². The highest BCUT2D eigenvalue weighted by molar-refractivity contribution is 5.91. The maximum atomic E-state index is 13.2. The van der Waals surface area contributed by atoms with Crippen LogP contribution in [0.5, 0.6) is 0 Å². The summed E-state index contributed by atoms with van der Waals surface area (Å²) in [5.74, 6) is 1.09. The quantitative estimate of drug-likeness (QED) is 0.888. The first kappa shape index (κ1) is 15.7. The monoisotopic (exact) mass is 331 g/mol. The Morgan fingerprint density at radius 3 is 2.71 bits per heavy atom. The molecule has 6 nitrogen and oxygen atoms in total. The minimum atomic E-state index is -0.189. The Labute approximate surface area is 142 Å².